The third-order valence-corrected chi connectivity index (χ3v) is 4.06. The number of rotatable bonds is 5. The van der Waals surface area contributed by atoms with E-state index in [0.29, 0.717) is 18.5 Å². The quantitative estimate of drug-likeness (QED) is 0.488. The summed E-state index contributed by atoms with van der Waals surface area (Å²) in [7, 11) is 0. The molecule has 3 rings (SSSR count). The Labute approximate surface area is 147 Å². The van der Waals surface area contributed by atoms with Crippen LogP contribution in [-0.2, 0) is 10.2 Å². The molecular weight excluding hydrogens is 345 g/mol. The molecule has 134 valence electrons. The van der Waals surface area contributed by atoms with Crippen molar-refractivity contribution in [1.29, 1.82) is 0 Å². The number of hydrogen-bond donors (Lipinski definition) is 2. The van der Waals surface area contributed by atoms with Crippen molar-refractivity contribution in [3.63, 3.8) is 0 Å². The molecule has 1 aromatic heterocycles. The molecule has 1 amide bonds. The van der Waals surface area contributed by atoms with Crippen molar-refractivity contribution >= 4 is 17.4 Å². The molecule has 0 radical (unpaired) electrons. The van der Waals surface area contributed by atoms with Gasteiger partial charge >= 0.3 is 0 Å². The molecule has 0 atom stereocenters. The highest BCUT2D eigenvalue weighted by atomic mass is 19.1. The van der Waals surface area contributed by atoms with Gasteiger partial charge in [-0.3, -0.25) is 4.79 Å². The number of nitrogens with zero attached hydrogens (tertiary/aromatic N) is 2. The van der Waals surface area contributed by atoms with Gasteiger partial charge in [0.15, 0.2) is 0 Å². The van der Waals surface area contributed by atoms with Crippen LogP contribution in [0, 0.1) is 17.6 Å². The average Bonchev–Trinajstić information content (AvgIpc) is 3.39. The smallest absolute Gasteiger partial charge is 0.258 e. The maximum Gasteiger partial charge on any atom is 0.258 e. The fourth-order valence-electron chi connectivity index (χ4n) is 2.56. The monoisotopic (exact) mass is 360 g/mol. The predicted molar refractivity (Wildman–Crippen MR) is 90.9 cm³/mol. The summed E-state index contributed by atoms with van der Waals surface area (Å²) < 4.78 is 40.3. The number of halogens is 3. The van der Waals surface area contributed by atoms with Crippen LogP contribution in [0.4, 0.5) is 18.9 Å². The molecule has 1 saturated carbocycles. The van der Waals surface area contributed by atoms with Crippen LogP contribution >= 0.6 is 0 Å². The third-order valence-electron chi connectivity index (χ3n) is 4.06. The normalized spacial score (nSPS) is 15.9. The van der Waals surface area contributed by atoms with E-state index in [9.17, 15) is 18.0 Å². The van der Waals surface area contributed by atoms with Gasteiger partial charge in [0.2, 0.25) is 5.95 Å². The van der Waals surface area contributed by atoms with Gasteiger partial charge in [0.05, 0.1) is 5.41 Å². The first-order valence-corrected chi connectivity index (χ1v) is 7.79. The molecule has 0 saturated heterocycles. The highest BCUT2D eigenvalue weighted by Gasteiger charge is 2.53. The van der Waals surface area contributed by atoms with Crippen molar-refractivity contribution in [2.45, 2.75) is 18.3 Å². The lowest BCUT2D eigenvalue weighted by Gasteiger charge is -2.12. The van der Waals surface area contributed by atoms with Gasteiger partial charge in [0.25, 0.3) is 5.91 Å². The fraction of sp³-hybridized carbons (Fsp3) is 0.167. The number of benzene rings is 1. The van der Waals surface area contributed by atoms with Crippen LogP contribution in [-0.4, -0.2) is 16.7 Å². The molecule has 1 aromatic carbocycles. The number of carbonyl (C=O) groups excluding carboxylic acids is 1. The van der Waals surface area contributed by atoms with Crippen LogP contribution in [0.2, 0.25) is 0 Å². The lowest BCUT2D eigenvalue weighted by Crippen LogP contribution is -2.23. The summed E-state index contributed by atoms with van der Waals surface area (Å²) in [5.41, 5.74) is 4.96. The molecule has 1 heterocycles. The zero-order valence-electron chi connectivity index (χ0n) is 13.5. The average molecular weight is 360 g/mol. The molecule has 0 spiro atoms. The van der Waals surface area contributed by atoms with Crippen molar-refractivity contribution < 1.29 is 18.0 Å². The van der Waals surface area contributed by atoms with Gasteiger partial charge in [-0.1, -0.05) is 0 Å². The standard InChI is InChI=1S/C18H15F3N4O/c19-11-1-2-14(20)13(9-11)18(5-6-18)17(26)25-16(22)4-8-23-12-3-7-24-15(21)10-12/h1-4,7-10H,5-6H2,(H,23,24)(H2,22,25,26)/b8-4-. The van der Waals surface area contributed by atoms with Crippen LogP contribution in [0.25, 0.3) is 0 Å². The van der Waals surface area contributed by atoms with Crippen LogP contribution in [0.15, 0.2) is 53.8 Å². The van der Waals surface area contributed by atoms with Crippen molar-refractivity contribution in [3.05, 3.63) is 72.0 Å². The minimum absolute atomic E-state index is 0.00610. The van der Waals surface area contributed by atoms with E-state index in [4.69, 9.17) is 5.73 Å². The minimum atomic E-state index is -1.16. The van der Waals surface area contributed by atoms with Crippen LogP contribution in [0.5, 0.6) is 0 Å². The molecule has 0 bridgehead atoms. The SMILES string of the molecule is NC(/C=C\Nc1ccnc(F)c1)=NC(=O)C1(c2cc(F)ccc2F)CC1. The van der Waals surface area contributed by atoms with Gasteiger partial charge in [0, 0.05) is 29.7 Å². The highest BCUT2D eigenvalue weighted by Crippen LogP contribution is 2.50. The molecule has 2 aromatic rings. The first kappa shape index (κ1) is 17.7. The lowest BCUT2D eigenvalue weighted by molar-refractivity contribution is -0.120. The van der Waals surface area contributed by atoms with Crippen LogP contribution in [0.1, 0.15) is 18.4 Å². The highest BCUT2D eigenvalue weighted by molar-refractivity contribution is 6.04. The molecule has 0 unspecified atom stereocenters. The topological polar surface area (TPSA) is 80.4 Å². The van der Waals surface area contributed by atoms with Crippen LogP contribution < -0.4 is 11.1 Å². The number of nitrogens with one attached hydrogen (secondary N) is 1. The van der Waals surface area contributed by atoms with E-state index in [1.807, 2.05) is 0 Å². The zero-order valence-corrected chi connectivity index (χ0v) is 13.5. The minimum Gasteiger partial charge on any atom is -0.384 e. The van der Waals surface area contributed by atoms with E-state index in [1.54, 1.807) is 0 Å². The fourth-order valence-corrected chi connectivity index (χ4v) is 2.56. The molecule has 5 nitrogen and oxygen atoms in total. The third kappa shape index (κ3) is 3.74. The zero-order chi connectivity index (χ0) is 18.7. The molecule has 26 heavy (non-hydrogen) atoms. The molecule has 0 aliphatic heterocycles. The van der Waals surface area contributed by atoms with E-state index >= 15 is 0 Å². The van der Waals surface area contributed by atoms with Gasteiger partial charge in [-0.15, -0.1) is 0 Å². The Morgan fingerprint density at radius 3 is 2.69 bits per heavy atom. The molecule has 3 N–H and O–H groups in total. The summed E-state index contributed by atoms with van der Waals surface area (Å²) >= 11 is 0. The second-order valence-corrected chi connectivity index (χ2v) is 5.89. The maximum absolute atomic E-state index is 14.0. The number of amides is 1. The molecule has 1 fully saturated rings. The second kappa shape index (κ2) is 6.99. The molecule has 1 aliphatic carbocycles. The van der Waals surface area contributed by atoms with Crippen molar-refractivity contribution in [3.8, 4) is 0 Å². The number of pyridine rings is 1. The number of carbonyl (C=O) groups is 1. The Morgan fingerprint density at radius 2 is 2.00 bits per heavy atom. The first-order valence-electron chi connectivity index (χ1n) is 7.79. The molecule has 8 heteroatoms. The van der Waals surface area contributed by atoms with E-state index in [2.05, 4.69) is 15.3 Å². The van der Waals surface area contributed by atoms with E-state index < -0.39 is 28.9 Å². The van der Waals surface area contributed by atoms with Gasteiger partial charge in [-0.2, -0.15) is 9.38 Å². The summed E-state index contributed by atoms with van der Waals surface area (Å²) in [5.74, 6) is -2.65. The Morgan fingerprint density at radius 1 is 1.23 bits per heavy atom. The summed E-state index contributed by atoms with van der Waals surface area (Å²) in [6.07, 6.45) is 4.73. The van der Waals surface area contributed by atoms with Gasteiger partial charge < -0.3 is 11.1 Å². The lowest BCUT2D eigenvalue weighted by atomic mass is 9.94. The number of nitrogens with two attached hydrogens (primary N) is 1. The summed E-state index contributed by atoms with van der Waals surface area (Å²) in [5, 5.41) is 2.75. The van der Waals surface area contributed by atoms with Gasteiger partial charge in [0.1, 0.15) is 17.5 Å². The van der Waals surface area contributed by atoms with E-state index in [0.717, 1.165) is 18.2 Å². The van der Waals surface area contributed by atoms with Gasteiger partial charge in [-0.25, -0.2) is 13.8 Å². The van der Waals surface area contributed by atoms with E-state index in [-0.39, 0.29) is 11.4 Å². The number of aliphatic imine (C=N–C) groups is 1. The van der Waals surface area contributed by atoms with Gasteiger partial charge in [-0.05, 0) is 43.2 Å². The van der Waals surface area contributed by atoms with Crippen molar-refractivity contribution in [1.82, 2.24) is 4.98 Å². The Balaban J connectivity index is 1.71. The van der Waals surface area contributed by atoms with Crippen LogP contribution in [0.3, 0.4) is 0 Å². The summed E-state index contributed by atoms with van der Waals surface area (Å²) in [4.78, 5) is 19.6. The maximum atomic E-state index is 14.0. The number of hydrogen-bond acceptors (Lipinski definition) is 3. The van der Waals surface area contributed by atoms with E-state index in [1.165, 1.54) is 30.6 Å². The molecular formula is C18H15F3N4O. The number of amidine groups is 1. The summed E-state index contributed by atoms with van der Waals surface area (Å²) in [6.45, 7) is 0. The molecule has 1 aliphatic rings. The largest absolute Gasteiger partial charge is 0.384 e. The van der Waals surface area contributed by atoms with Crippen molar-refractivity contribution in [2.75, 3.05) is 5.32 Å². The number of anilines is 1. The van der Waals surface area contributed by atoms with Crippen molar-refractivity contribution in [2.24, 2.45) is 10.7 Å². The Bertz CT molecular complexity index is 907. The Hall–Kier alpha value is -3.16. The first-order chi connectivity index (χ1) is 12.4. The Kier molecular flexibility index (Phi) is 4.75. The number of aromatic nitrogens is 1. The predicted octanol–water partition coefficient (Wildman–Crippen LogP) is 3.04. The second-order valence-electron chi connectivity index (χ2n) is 5.89. The summed E-state index contributed by atoms with van der Waals surface area (Å²) in [6, 6.07) is 5.71.